The molecule has 1 fully saturated rings. The highest BCUT2D eigenvalue weighted by Gasteiger charge is 2.35. The Hall–Kier alpha value is -2.16. The maximum absolute atomic E-state index is 11.1. The zero-order chi connectivity index (χ0) is 13.3. The quantitative estimate of drug-likeness (QED) is 0.830. The van der Waals surface area contributed by atoms with Crippen LogP contribution in [0.2, 0.25) is 0 Å². The van der Waals surface area contributed by atoms with E-state index in [9.17, 15) is 4.79 Å². The molecule has 2 atom stereocenters. The smallest absolute Gasteiger partial charge is 0.308 e. The van der Waals surface area contributed by atoms with Crippen molar-refractivity contribution in [1.82, 2.24) is 9.97 Å². The van der Waals surface area contributed by atoms with Gasteiger partial charge in [0.2, 0.25) is 5.95 Å². The number of aryl methyl sites for hydroxylation is 1. The summed E-state index contributed by atoms with van der Waals surface area (Å²) in [5.41, 5.74) is 1.02. The van der Waals surface area contributed by atoms with Crippen molar-refractivity contribution in [2.45, 2.75) is 13.8 Å². The Morgan fingerprint density at radius 3 is 2.83 bits per heavy atom. The molecule has 1 aliphatic rings. The first kappa shape index (κ1) is 12.3. The summed E-state index contributed by atoms with van der Waals surface area (Å²) in [5, 5.41) is 18.0. The zero-order valence-electron chi connectivity index (χ0n) is 10.3. The number of aliphatic carboxylic acids is 1. The third kappa shape index (κ3) is 2.25. The van der Waals surface area contributed by atoms with Gasteiger partial charge < -0.3 is 10.0 Å². The van der Waals surface area contributed by atoms with Crippen LogP contribution >= 0.6 is 0 Å². The van der Waals surface area contributed by atoms with E-state index in [-0.39, 0.29) is 5.92 Å². The van der Waals surface area contributed by atoms with Gasteiger partial charge in [-0.25, -0.2) is 9.97 Å². The number of carboxylic acids is 1. The molecule has 1 saturated heterocycles. The normalized spacial score (nSPS) is 22.8. The van der Waals surface area contributed by atoms with Crippen LogP contribution in [0.1, 0.15) is 18.3 Å². The van der Waals surface area contributed by atoms with Gasteiger partial charge in [0.1, 0.15) is 11.8 Å². The van der Waals surface area contributed by atoms with Gasteiger partial charge in [-0.2, -0.15) is 5.26 Å². The van der Waals surface area contributed by atoms with E-state index in [4.69, 9.17) is 10.4 Å². The van der Waals surface area contributed by atoms with Crippen LogP contribution in [-0.2, 0) is 4.79 Å². The molecule has 0 bridgehead atoms. The van der Waals surface area contributed by atoms with E-state index in [1.807, 2.05) is 17.9 Å². The highest BCUT2D eigenvalue weighted by atomic mass is 16.4. The van der Waals surface area contributed by atoms with Gasteiger partial charge >= 0.3 is 5.97 Å². The second kappa shape index (κ2) is 4.61. The number of carboxylic acid groups (broad SMARTS) is 1. The van der Waals surface area contributed by atoms with Crippen molar-refractivity contribution in [2.75, 3.05) is 18.0 Å². The molecule has 18 heavy (non-hydrogen) atoms. The predicted molar refractivity (Wildman–Crippen MR) is 64.0 cm³/mol. The molecule has 2 heterocycles. The van der Waals surface area contributed by atoms with Gasteiger partial charge in [0.15, 0.2) is 0 Å². The molecule has 0 radical (unpaired) electrons. The van der Waals surface area contributed by atoms with Crippen LogP contribution in [-0.4, -0.2) is 34.1 Å². The van der Waals surface area contributed by atoms with Crippen molar-refractivity contribution in [3.8, 4) is 6.07 Å². The van der Waals surface area contributed by atoms with E-state index in [0.29, 0.717) is 30.4 Å². The minimum absolute atomic E-state index is 0.0529. The Morgan fingerprint density at radius 2 is 2.28 bits per heavy atom. The molecule has 6 heteroatoms. The molecular weight excluding hydrogens is 232 g/mol. The topological polar surface area (TPSA) is 90.1 Å². The average molecular weight is 246 g/mol. The second-order valence-corrected chi connectivity index (χ2v) is 4.63. The largest absolute Gasteiger partial charge is 0.481 e. The van der Waals surface area contributed by atoms with Gasteiger partial charge in [0.25, 0.3) is 0 Å². The number of nitrogens with zero attached hydrogens (tertiary/aromatic N) is 4. The Kier molecular flexibility index (Phi) is 3.15. The van der Waals surface area contributed by atoms with Crippen LogP contribution in [0.4, 0.5) is 5.95 Å². The van der Waals surface area contributed by atoms with Crippen LogP contribution in [0.15, 0.2) is 6.07 Å². The molecule has 2 rings (SSSR count). The van der Waals surface area contributed by atoms with Crippen molar-refractivity contribution in [1.29, 1.82) is 5.26 Å². The summed E-state index contributed by atoms with van der Waals surface area (Å²) in [6.45, 7) is 4.69. The number of nitriles is 1. The first-order valence-corrected chi connectivity index (χ1v) is 5.75. The van der Waals surface area contributed by atoms with Gasteiger partial charge in [-0.3, -0.25) is 4.79 Å². The molecular formula is C12H14N4O2. The fourth-order valence-electron chi connectivity index (χ4n) is 2.20. The lowest BCUT2D eigenvalue weighted by Crippen LogP contribution is -2.25. The van der Waals surface area contributed by atoms with Crippen LogP contribution in [0.5, 0.6) is 0 Å². The summed E-state index contributed by atoms with van der Waals surface area (Å²) in [7, 11) is 0. The van der Waals surface area contributed by atoms with Crippen LogP contribution in [0.25, 0.3) is 0 Å². The summed E-state index contributed by atoms with van der Waals surface area (Å²) in [5.74, 6) is -0.697. The summed E-state index contributed by atoms with van der Waals surface area (Å²) < 4.78 is 0. The van der Waals surface area contributed by atoms with Crippen molar-refractivity contribution in [3.05, 3.63) is 17.5 Å². The highest BCUT2D eigenvalue weighted by molar-refractivity contribution is 5.72. The molecule has 94 valence electrons. The molecule has 1 aromatic heterocycles. The highest BCUT2D eigenvalue weighted by Crippen LogP contribution is 2.26. The Balaban J connectivity index is 2.26. The molecule has 2 unspecified atom stereocenters. The molecule has 0 aromatic carbocycles. The fourth-order valence-corrected chi connectivity index (χ4v) is 2.20. The zero-order valence-corrected chi connectivity index (χ0v) is 10.3. The van der Waals surface area contributed by atoms with Crippen LogP contribution < -0.4 is 4.90 Å². The standard InChI is InChI=1S/C12H14N4O2/c1-7-5-16(6-10(7)11(17)18)12-14-8(2)3-9(4-13)15-12/h3,7,10H,5-6H2,1-2H3,(H,17,18). The van der Waals surface area contributed by atoms with Crippen molar-refractivity contribution in [2.24, 2.45) is 11.8 Å². The van der Waals surface area contributed by atoms with Crippen molar-refractivity contribution in [3.63, 3.8) is 0 Å². The number of anilines is 1. The number of hydrogen-bond donors (Lipinski definition) is 1. The summed E-state index contributed by atoms with van der Waals surface area (Å²) in [6, 6.07) is 3.59. The van der Waals surface area contributed by atoms with E-state index in [1.165, 1.54) is 0 Å². The minimum atomic E-state index is -0.793. The van der Waals surface area contributed by atoms with E-state index in [2.05, 4.69) is 9.97 Å². The summed E-state index contributed by atoms with van der Waals surface area (Å²) in [6.07, 6.45) is 0. The number of rotatable bonds is 2. The molecule has 1 aliphatic heterocycles. The lowest BCUT2D eigenvalue weighted by atomic mass is 9.99. The third-order valence-electron chi connectivity index (χ3n) is 3.17. The van der Waals surface area contributed by atoms with E-state index >= 15 is 0 Å². The SMILES string of the molecule is Cc1cc(C#N)nc(N2CC(C)C(C(=O)O)C2)n1. The predicted octanol–water partition coefficient (Wildman–Crippen LogP) is 0.814. The lowest BCUT2D eigenvalue weighted by molar-refractivity contribution is -0.142. The molecule has 0 amide bonds. The average Bonchev–Trinajstić information content (AvgIpc) is 2.70. The number of carbonyl (C=O) groups is 1. The minimum Gasteiger partial charge on any atom is -0.481 e. The molecule has 0 aliphatic carbocycles. The Morgan fingerprint density at radius 1 is 1.56 bits per heavy atom. The Labute approximate surface area is 105 Å². The van der Waals surface area contributed by atoms with Crippen LogP contribution in [0.3, 0.4) is 0 Å². The number of hydrogen-bond acceptors (Lipinski definition) is 5. The van der Waals surface area contributed by atoms with Crippen LogP contribution in [0, 0.1) is 30.1 Å². The summed E-state index contributed by atoms with van der Waals surface area (Å²) in [4.78, 5) is 21.3. The number of aromatic nitrogens is 2. The van der Waals surface area contributed by atoms with Gasteiger partial charge in [0.05, 0.1) is 5.92 Å². The molecule has 1 aromatic rings. The maximum atomic E-state index is 11.1. The van der Waals surface area contributed by atoms with Gasteiger partial charge in [-0.05, 0) is 18.9 Å². The lowest BCUT2D eigenvalue weighted by Gasteiger charge is -2.16. The van der Waals surface area contributed by atoms with Crippen molar-refractivity contribution < 1.29 is 9.90 Å². The van der Waals surface area contributed by atoms with Gasteiger partial charge in [0, 0.05) is 18.8 Å². The van der Waals surface area contributed by atoms with Crippen molar-refractivity contribution >= 4 is 11.9 Å². The van der Waals surface area contributed by atoms with E-state index in [1.54, 1.807) is 13.0 Å². The summed E-state index contributed by atoms with van der Waals surface area (Å²) >= 11 is 0. The van der Waals surface area contributed by atoms with E-state index in [0.717, 1.165) is 0 Å². The first-order chi connectivity index (χ1) is 8.51. The monoisotopic (exact) mass is 246 g/mol. The molecule has 0 spiro atoms. The van der Waals surface area contributed by atoms with Gasteiger partial charge in [-0.15, -0.1) is 0 Å². The van der Waals surface area contributed by atoms with Gasteiger partial charge in [-0.1, -0.05) is 6.92 Å². The fraction of sp³-hybridized carbons (Fsp3) is 0.500. The van der Waals surface area contributed by atoms with E-state index < -0.39 is 11.9 Å². The first-order valence-electron chi connectivity index (χ1n) is 5.75. The maximum Gasteiger partial charge on any atom is 0.308 e. The Bertz CT molecular complexity index is 523. The molecule has 0 saturated carbocycles. The molecule has 1 N–H and O–H groups in total. The molecule has 6 nitrogen and oxygen atoms in total. The second-order valence-electron chi connectivity index (χ2n) is 4.63. The third-order valence-corrected chi connectivity index (χ3v) is 3.17.